The van der Waals surface area contributed by atoms with Crippen LogP contribution in [-0.2, 0) is 46.1 Å². The van der Waals surface area contributed by atoms with Gasteiger partial charge in [-0.1, -0.05) is 137 Å². The Morgan fingerprint density at radius 1 is 0.519 bits per heavy atom. The first-order chi connectivity index (χ1) is 37.6. The van der Waals surface area contributed by atoms with Crippen molar-refractivity contribution in [3.05, 3.63) is 181 Å². The van der Waals surface area contributed by atoms with Crippen LogP contribution >= 0.6 is 15.9 Å². The molecule has 4 aromatic carbocycles. The van der Waals surface area contributed by atoms with Crippen LogP contribution < -0.4 is 14.5 Å². The van der Waals surface area contributed by atoms with E-state index in [2.05, 4.69) is 115 Å². The Balaban J connectivity index is 0.000000152. The summed E-state index contributed by atoms with van der Waals surface area (Å²) >= 11 is 3.41. The molecule has 4 fully saturated rings. The second kappa shape index (κ2) is 24.7. The van der Waals surface area contributed by atoms with Crippen molar-refractivity contribution in [2.45, 2.75) is 75.3 Å². The Bertz CT molecular complexity index is 3370. The van der Waals surface area contributed by atoms with Crippen LogP contribution in [0.1, 0.15) is 60.8 Å². The van der Waals surface area contributed by atoms with E-state index in [0.717, 1.165) is 88.7 Å². The number of nitrogens with zero attached hydrogens (tertiary/aromatic N) is 9. The fourth-order valence-corrected chi connectivity index (χ4v) is 14.7. The van der Waals surface area contributed by atoms with Crippen molar-refractivity contribution in [3.63, 3.8) is 0 Å². The number of aromatic nitrogens is 6. The summed E-state index contributed by atoms with van der Waals surface area (Å²) in [5.41, 5.74) is 5.86. The van der Waals surface area contributed by atoms with Crippen LogP contribution in [0.5, 0.6) is 0 Å². The molecule has 404 valence electrons. The predicted molar refractivity (Wildman–Crippen MR) is 311 cm³/mol. The van der Waals surface area contributed by atoms with Gasteiger partial charge in [-0.25, -0.2) is 24.7 Å². The van der Waals surface area contributed by atoms with Crippen molar-refractivity contribution in [2.75, 3.05) is 74.0 Å². The molecule has 0 atom stereocenters. The van der Waals surface area contributed by atoms with Gasteiger partial charge in [-0.3, -0.25) is 0 Å². The zero-order valence-electron chi connectivity index (χ0n) is 43.5. The number of piperazine rings is 2. The van der Waals surface area contributed by atoms with Gasteiger partial charge in [0.15, 0.2) is 0 Å². The van der Waals surface area contributed by atoms with Crippen molar-refractivity contribution in [2.24, 2.45) is 0 Å². The SMILES string of the molecule is BrCCCc1ccccc1.O=S(=O)(N(CCCc1ccccc1)CCc1ccccc1)N1CCN(c2ncnc3[nH]ccc23)CC12CC2.O=S(=O)(NCCc1ccccc1)N1CCN(c2ncnc3[nH]ccc23)CC12CC2. The highest BCUT2D eigenvalue weighted by Crippen LogP contribution is 2.48. The molecule has 6 heterocycles. The highest BCUT2D eigenvalue weighted by Gasteiger charge is 2.58. The highest BCUT2D eigenvalue weighted by molar-refractivity contribution is 9.09. The van der Waals surface area contributed by atoms with E-state index in [0.29, 0.717) is 71.7 Å². The number of benzene rings is 4. The van der Waals surface area contributed by atoms with Gasteiger partial charge in [0.1, 0.15) is 35.6 Å². The molecule has 0 radical (unpaired) electrons. The van der Waals surface area contributed by atoms with Crippen molar-refractivity contribution in [1.82, 2.24) is 47.5 Å². The maximum atomic E-state index is 14.2. The van der Waals surface area contributed by atoms with Crippen LogP contribution in [0.25, 0.3) is 22.1 Å². The molecule has 4 aliphatic rings. The van der Waals surface area contributed by atoms with Crippen molar-refractivity contribution in [1.29, 1.82) is 0 Å². The third kappa shape index (κ3) is 13.3. The maximum Gasteiger partial charge on any atom is 0.282 e. The summed E-state index contributed by atoms with van der Waals surface area (Å²) in [7, 11) is -7.15. The molecule has 2 aliphatic carbocycles. The lowest BCUT2D eigenvalue weighted by Gasteiger charge is -2.43. The molecule has 2 saturated heterocycles. The molecule has 2 spiro atoms. The Kier molecular flexibility index (Phi) is 17.4. The first-order valence-electron chi connectivity index (χ1n) is 26.9. The van der Waals surface area contributed by atoms with Crippen LogP contribution in [-0.4, -0.2) is 135 Å². The number of fused-ring (bicyclic) bond motifs is 2. The topological polar surface area (TPSA) is 180 Å². The fraction of sp³-hybridized carbons (Fsp3) is 0.379. The third-order valence-electron chi connectivity index (χ3n) is 15.2. The van der Waals surface area contributed by atoms with Crippen LogP contribution in [0.3, 0.4) is 0 Å². The van der Waals surface area contributed by atoms with Gasteiger partial charge in [0.2, 0.25) is 0 Å². The van der Waals surface area contributed by atoms with E-state index < -0.39 is 20.4 Å². The molecule has 77 heavy (non-hydrogen) atoms. The summed E-state index contributed by atoms with van der Waals surface area (Å²) in [5, 5.41) is 3.05. The standard InChI is InChI=1S/C29H34N6O2S.C20H24N6O2S.C9H11Br/c36-38(37,34(19-14-25-10-5-2-6-11-25)18-7-12-24-8-3-1-4-9-24)35-21-20-33(22-29(35)15-16-29)28-26-13-17-30-27(26)31-23-32-28;27-29(28,24-11-6-16-4-2-1-3-5-16)26-13-12-25(14-20(26)8-9-20)19-17-7-10-21-18(17)22-15-23-19;10-8-4-7-9-5-2-1-3-6-9/h1-6,8-11,13,17,23H,7,12,14-16,18-22H2,(H,30,31,32);1-5,7,10,15,24H,6,8-9,11-14H2,(H,21,22,23);1-3,5-6H,4,7-8H2. The molecule has 0 bridgehead atoms. The number of hydrogen-bond acceptors (Lipinski definition) is 10. The Morgan fingerprint density at radius 2 is 0.961 bits per heavy atom. The number of H-pyrrole nitrogens is 2. The molecule has 19 heteroatoms. The Labute approximate surface area is 461 Å². The van der Waals surface area contributed by atoms with Crippen molar-refractivity contribution in [3.8, 4) is 0 Å². The van der Waals surface area contributed by atoms with E-state index in [9.17, 15) is 16.8 Å². The second-order valence-electron chi connectivity index (χ2n) is 20.5. The van der Waals surface area contributed by atoms with Gasteiger partial charge in [-0.2, -0.15) is 29.8 Å². The number of halogens is 1. The average Bonchev–Trinajstić information content (AvgIpc) is 4.30. The number of anilines is 2. The minimum atomic E-state index is -3.63. The van der Waals surface area contributed by atoms with Crippen molar-refractivity contribution < 1.29 is 16.8 Å². The zero-order valence-corrected chi connectivity index (χ0v) is 46.7. The van der Waals surface area contributed by atoms with Gasteiger partial charge < -0.3 is 19.8 Å². The van der Waals surface area contributed by atoms with E-state index >= 15 is 0 Å². The van der Waals surface area contributed by atoms with E-state index in [1.807, 2.05) is 91.3 Å². The molecule has 8 aromatic rings. The summed E-state index contributed by atoms with van der Waals surface area (Å²) in [4.78, 5) is 28.3. The molecule has 16 nitrogen and oxygen atoms in total. The number of aromatic amines is 2. The number of rotatable bonds is 19. The molecule has 2 saturated carbocycles. The quantitative estimate of drug-likeness (QED) is 0.0663. The fourth-order valence-electron chi connectivity index (χ4n) is 10.8. The normalized spacial score (nSPS) is 17.1. The van der Waals surface area contributed by atoms with E-state index in [4.69, 9.17) is 0 Å². The first kappa shape index (κ1) is 54.3. The average molecular weight is 1140 g/mol. The molecule has 12 rings (SSSR count). The second-order valence-corrected chi connectivity index (χ2v) is 24.8. The lowest BCUT2D eigenvalue weighted by molar-refractivity contribution is 0.244. The van der Waals surface area contributed by atoms with E-state index in [1.165, 1.54) is 24.0 Å². The molecule has 2 aliphatic heterocycles. The van der Waals surface area contributed by atoms with Crippen LogP contribution in [0.2, 0.25) is 0 Å². The predicted octanol–water partition coefficient (Wildman–Crippen LogP) is 8.74. The van der Waals surface area contributed by atoms with Gasteiger partial charge in [-0.15, -0.1) is 0 Å². The molecular weight excluding hydrogens is 1070 g/mol. The zero-order chi connectivity index (χ0) is 53.1. The van der Waals surface area contributed by atoms with Gasteiger partial charge >= 0.3 is 0 Å². The van der Waals surface area contributed by atoms with Crippen LogP contribution in [0.15, 0.2) is 159 Å². The summed E-state index contributed by atoms with van der Waals surface area (Å²) < 4.78 is 62.5. The minimum absolute atomic E-state index is 0.329. The van der Waals surface area contributed by atoms with E-state index in [1.54, 1.807) is 25.6 Å². The van der Waals surface area contributed by atoms with Gasteiger partial charge in [0.05, 0.1) is 21.9 Å². The Hall–Kier alpha value is -6.06. The van der Waals surface area contributed by atoms with Crippen LogP contribution in [0, 0.1) is 0 Å². The molecule has 3 N–H and O–H groups in total. The van der Waals surface area contributed by atoms with E-state index in [-0.39, 0.29) is 11.1 Å². The smallest absolute Gasteiger partial charge is 0.282 e. The summed E-state index contributed by atoms with van der Waals surface area (Å²) in [6.07, 6.45) is 15.8. The summed E-state index contributed by atoms with van der Waals surface area (Å²) in [6, 6.07) is 44.9. The van der Waals surface area contributed by atoms with Crippen molar-refractivity contribution >= 4 is 70.1 Å². The molecule has 4 aromatic heterocycles. The largest absolute Gasteiger partial charge is 0.353 e. The number of nitrogens with one attached hydrogen (secondary N) is 3. The maximum absolute atomic E-state index is 14.2. The van der Waals surface area contributed by atoms with Gasteiger partial charge in [-0.05, 0) is 98.6 Å². The lowest BCUT2D eigenvalue weighted by atomic mass is 10.1. The summed E-state index contributed by atoms with van der Waals surface area (Å²) in [5.74, 6) is 1.75. The highest BCUT2D eigenvalue weighted by atomic mass is 79.9. The Morgan fingerprint density at radius 3 is 1.44 bits per heavy atom. The molecule has 0 amide bonds. The third-order valence-corrected chi connectivity index (χ3v) is 19.6. The number of hydrogen-bond donors (Lipinski definition) is 3. The summed E-state index contributed by atoms with van der Waals surface area (Å²) in [6.45, 7) is 4.83. The molecular formula is C58H69BrN12O4S2. The van der Waals surface area contributed by atoms with Gasteiger partial charge in [0, 0.05) is 76.6 Å². The molecule has 0 unspecified atom stereocenters. The first-order valence-corrected chi connectivity index (χ1v) is 30.8. The number of aryl methyl sites for hydroxylation is 2. The minimum Gasteiger partial charge on any atom is -0.353 e. The number of alkyl halides is 1. The van der Waals surface area contributed by atoms with Gasteiger partial charge in [0.25, 0.3) is 20.4 Å². The monoisotopic (exact) mass is 1140 g/mol. The lowest BCUT2D eigenvalue weighted by Crippen LogP contribution is -2.60. The van der Waals surface area contributed by atoms with Crippen LogP contribution in [0.4, 0.5) is 11.6 Å².